The Morgan fingerprint density at radius 1 is 1.17 bits per heavy atom. The smallest absolute Gasteiger partial charge is 0.162 e. The summed E-state index contributed by atoms with van der Waals surface area (Å²) in [5, 5.41) is 10.1. The molecule has 1 aromatic heterocycles. The summed E-state index contributed by atoms with van der Waals surface area (Å²) >= 11 is 6.27. The van der Waals surface area contributed by atoms with Crippen LogP contribution in [0.4, 0.5) is 0 Å². The number of ether oxygens (including phenoxy) is 2. The van der Waals surface area contributed by atoms with Crippen LogP contribution in [0.25, 0.3) is 10.9 Å². The summed E-state index contributed by atoms with van der Waals surface area (Å²) in [6.07, 6.45) is 1.45. The topological polar surface area (TPSA) is 55.1 Å². The predicted molar refractivity (Wildman–Crippen MR) is 88.8 cm³/mol. The minimum atomic E-state index is 0.332. The van der Waals surface area contributed by atoms with Crippen LogP contribution >= 0.6 is 11.6 Å². The number of halogens is 1. The van der Waals surface area contributed by atoms with Crippen molar-refractivity contribution in [3.8, 4) is 17.6 Å². The van der Waals surface area contributed by atoms with Gasteiger partial charge in [-0.15, -0.1) is 0 Å². The Morgan fingerprint density at radius 3 is 2.65 bits per heavy atom. The number of rotatable bonds is 4. The standard InChI is InChI=1S/C18H13ClN2O2/c1-22-16-8-15-14(18(19)13(9-20)10-21-15)7-17(16)23-11-12-5-3-2-4-6-12/h2-8,10H,11H2,1H3. The molecule has 0 spiro atoms. The van der Waals surface area contributed by atoms with Crippen LogP contribution in [0.3, 0.4) is 0 Å². The lowest BCUT2D eigenvalue weighted by Gasteiger charge is -2.12. The minimum absolute atomic E-state index is 0.332. The molecular formula is C18H13ClN2O2. The number of aromatic nitrogens is 1. The highest BCUT2D eigenvalue weighted by molar-refractivity contribution is 6.36. The molecular weight excluding hydrogens is 312 g/mol. The number of nitrogens with zero attached hydrogens (tertiary/aromatic N) is 2. The number of methoxy groups -OCH3 is 1. The van der Waals surface area contributed by atoms with Crippen molar-refractivity contribution in [2.75, 3.05) is 7.11 Å². The third-order valence-corrected chi connectivity index (χ3v) is 3.85. The molecule has 0 saturated heterocycles. The van der Waals surface area contributed by atoms with Gasteiger partial charge in [-0.05, 0) is 11.6 Å². The van der Waals surface area contributed by atoms with Gasteiger partial charge in [0.1, 0.15) is 12.7 Å². The number of hydrogen-bond donors (Lipinski definition) is 0. The van der Waals surface area contributed by atoms with Gasteiger partial charge in [-0.3, -0.25) is 4.98 Å². The average Bonchev–Trinajstić information content (AvgIpc) is 2.60. The maximum absolute atomic E-state index is 9.07. The summed E-state index contributed by atoms with van der Waals surface area (Å²) in [4.78, 5) is 4.24. The molecule has 0 radical (unpaired) electrons. The largest absolute Gasteiger partial charge is 0.493 e. The van der Waals surface area contributed by atoms with E-state index in [-0.39, 0.29) is 0 Å². The van der Waals surface area contributed by atoms with Crippen LogP contribution in [0, 0.1) is 11.3 Å². The monoisotopic (exact) mass is 324 g/mol. The molecule has 0 fully saturated rings. The molecule has 0 amide bonds. The van der Waals surface area contributed by atoms with Crippen LogP contribution < -0.4 is 9.47 Å². The predicted octanol–water partition coefficient (Wildman–Crippen LogP) is 4.35. The first kappa shape index (κ1) is 15.1. The summed E-state index contributed by atoms with van der Waals surface area (Å²) < 4.78 is 11.2. The van der Waals surface area contributed by atoms with Crippen molar-refractivity contribution in [3.63, 3.8) is 0 Å². The zero-order valence-electron chi connectivity index (χ0n) is 12.4. The number of nitriles is 1. The van der Waals surface area contributed by atoms with Crippen LogP contribution in [-0.2, 0) is 6.61 Å². The van der Waals surface area contributed by atoms with Gasteiger partial charge in [-0.1, -0.05) is 41.9 Å². The van der Waals surface area contributed by atoms with Gasteiger partial charge in [0.15, 0.2) is 11.5 Å². The quantitative estimate of drug-likeness (QED) is 0.716. The Kier molecular flexibility index (Phi) is 4.31. The maximum atomic E-state index is 9.07. The fourth-order valence-corrected chi connectivity index (χ4v) is 2.50. The van der Waals surface area contributed by atoms with E-state index < -0.39 is 0 Å². The van der Waals surface area contributed by atoms with Crippen molar-refractivity contribution in [1.82, 2.24) is 4.98 Å². The van der Waals surface area contributed by atoms with Gasteiger partial charge >= 0.3 is 0 Å². The molecule has 0 atom stereocenters. The van der Waals surface area contributed by atoms with Gasteiger partial charge in [0, 0.05) is 17.6 Å². The van der Waals surface area contributed by atoms with Crippen LogP contribution in [0.15, 0.2) is 48.7 Å². The van der Waals surface area contributed by atoms with Crippen molar-refractivity contribution in [3.05, 3.63) is 64.8 Å². The van der Waals surface area contributed by atoms with Crippen molar-refractivity contribution in [1.29, 1.82) is 5.26 Å². The molecule has 0 aliphatic rings. The Morgan fingerprint density at radius 2 is 1.96 bits per heavy atom. The zero-order valence-corrected chi connectivity index (χ0v) is 13.2. The molecule has 4 nitrogen and oxygen atoms in total. The average molecular weight is 325 g/mol. The Balaban J connectivity index is 2.01. The molecule has 1 heterocycles. The molecule has 3 rings (SSSR count). The van der Waals surface area contributed by atoms with E-state index in [9.17, 15) is 0 Å². The first-order valence-corrected chi connectivity index (χ1v) is 7.34. The Hall–Kier alpha value is -2.77. The summed E-state index contributed by atoms with van der Waals surface area (Å²) in [6, 6.07) is 15.4. The molecule has 0 bridgehead atoms. The number of benzene rings is 2. The fraction of sp³-hybridized carbons (Fsp3) is 0.111. The minimum Gasteiger partial charge on any atom is -0.493 e. The van der Waals surface area contributed by atoms with E-state index in [0.29, 0.717) is 39.6 Å². The van der Waals surface area contributed by atoms with Crippen LogP contribution in [0.1, 0.15) is 11.1 Å². The van der Waals surface area contributed by atoms with E-state index in [1.807, 2.05) is 36.4 Å². The molecule has 0 N–H and O–H groups in total. The molecule has 0 aliphatic carbocycles. The zero-order chi connectivity index (χ0) is 16.2. The van der Waals surface area contributed by atoms with Crippen molar-refractivity contribution in [2.45, 2.75) is 6.61 Å². The van der Waals surface area contributed by atoms with Crippen molar-refractivity contribution >= 4 is 22.5 Å². The van der Waals surface area contributed by atoms with Gasteiger partial charge in [-0.2, -0.15) is 5.26 Å². The molecule has 114 valence electrons. The molecule has 0 saturated carbocycles. The Bertz CT molecular complexity index is 889. The fourth-order valence-electron chi connectivity index (χ4n) is 2.25. The van der Waals surface area contributed by atoms with Crippen LogP contribution in [0.2, 0.25) is 5.02 Å². The lowest BCUT2D eigenvalue weighted by molar-refractivity contribution is 0.285. The van der Waals surface area contributed by atoms with E-state index in [1.165, 1.54) is 6.20 Å². The van der Waals surface area contributed by atoms with E-state index in [2.05, 4.69) is 4.98 Å². The highest BCUT2D eigenvalue weighted by Gasteiger charge is 2.13. The summed E-state index contributed by atoms with van der Waals surface area (Å²) in [5.41, 5.74) is 2.03. The second kappa shape index (κ2) is 6.55. The summed E-state index contributed by atoms with van der Waals surface area (Å²) in [6.45, 7) is 0.408. The highest BCUT2D eigenvalue weighted by Crippen LogP contribution is 2.36. The normalized spacial score (nSPS) is 10.3. The van der Waals surface area contributed by atoms with Gasteiger partial charge in [0.25, 0.3) is 0 Å². The summed E-state index contributed by atoms with van der Waals surface area (Å²) in [7, 11) is 1.57. The second-order valence-electron chi connectivity index (χ2n) is 4.89. The van der Waals surface area contributed by atoms with Crippen molar-refractivity contribution < 1.29 is 9.47 Å². The Labute approximate surface area is 138 Å². The van der Waals surface area contributed by atoms with Crippen molar-refractivity contribution in [2.24, 2.45) is 0 Å². The van der Waals surface area contributed by atoms with Crippen LogP contribution in [-0.4, -0.2) is 12.1 Å². The molecule has 2 aromatic carbocycles. The molecule has 3 aromatic rings. The summed E-state index contributed by atoms with van der Waals surface area (Å²) in [5.74, 6) is 1.13. The third kappa shape index (κ3) is 3.05. The van der Waals surface area contributed by atoms with Gasteiger partial charge < -0.3 is 9.47 Å². The molecule has 23 heavy (non-hydrogen) atoms. The van der Waals surface area contributed by atoms with Gasteiger partial charge in [0.05, 0.1) is 23.2 Å². The number of hydrogen-bond acceptors (Lipinski definition) is 4. The lowest BCUT2D eigenvalue weighted by atomic mass is 10.1. The molecule has 0 aliphatic heterocycles. The van der Waals surface area contributed by atoms with Gasteiger partial charge in [0.2, 0.25) is 0 Å². The van der Waals surface area contributed by atoms with E-state index in [1.54, 1.807) is 19.2 Å². The maximum Gasteiger partial charge on any atom is 0.162 e. The van der Waals surface area contributed by atoms with E-state index >= 15 is 0 Å². The molecule has 0 unspecified atom stereocenters. The SMILES string of the molecule is COc1cc2ncc(C#N)c(Cl)c2cc1OCc1ccccc1. The van der Waals surface area contributed by atoms with E-state index in [0.717, 1.165) is 5.56 Å². The highest BCUT2D eigenvalue weighted by atomic mass is 35.5. The third-order valence-electron chi connectivity index (χ3n) is 3.45. The first-order valence-electron chi connectivity index (χ1n) is 6.96. The second-order valence-corrected chi connectivity index (χ2v) is 5.27. The molecule has 5 heteroatoms. The first-order chi connectivity index (χ1) is 11.2. The van der Waals surface area contributed by atoms with Gasteiger partial charge in [-0.25, -0.2) is 0 Å². The van der Waals surface area contributed by atoms with E-state index in [4.69, 9.17) is 26.3 Å². The number of pyridine rings is 1. The van der Waals surface area contributed by atoms with Crippen LogP contribution in [0.5, 0.6) is 11.5 Å². The number of fused-ring (bicyclic) bond motifs is 1. The lowest BCUT2D eigenvalue weighted by Crippen LogP contribution is -1.98.